The highest BCUT2D eigenvalue weighted by molar-refractivity contribution is 5.95. The van der Waals surface area contributed by atoms with E-state index in [0.29, 0.717) is 17.7 Å². The fourth-order valence-electron chi connectivity index (χ4n) is 1.19. The van der Waals surface area contributed by atoms with Crippen LogP contribution in [0, 0.1) is 0 Å². The molecule has 1 atom stereocenters. The van der Waals surface area contributed by atoms with E-state index in [1.54, 1.807) is 24.3 Å². The minimum absolute atomic E-state index is 0.0994. The number of hydrogen-bond acceptors (Lipinski definition) is 3. The Morgan fingerprint density at radius 3 is 2.80 bits per heavy atom. The van der Waals surface area contributed by atoms with Gasteiger partial charge in [0.15, 0.2) is 0 Å². The van der Waals surface area contributed by atoms with Crippen molar-refractivity contribution in [2.45, 2.75) is 26.0 Å². The van der Waals surface area contributed by atoms with E-state index in [1.165, 1.54) is 0 Å². The lowest BCUT2D eigenvalue weighted by Gasteiger charge is -2.12. The second kappa shape index (κ2) is 5.48. The Hall–Kier alpha value is -1.39. The molecule has 4 N–H and O–H groups in total. The molecule has 0 radical (unpaired) electrons. The molecule has 1 aromatic carbocycles. The van der Waals surface area contributed by atoms with Crippen molar-refractivity contribution < 1.29 is 9.90 Å². The molecule has 4 nitrogen and oxygen atoms in total. The van der Waals surface area contributed by atoms with Crippen LogP contribution in [0.2, 0.25) is 0 Å². The molecule has 0 bridgehead atoms. The third-order valence-corrected chi connectivity index (χ3v) is 2.22. The maximum atomic E-state index is 11.5. The monoisotopic (exact) mass is 208 g/mol. The first kappa shape index (κ1) is 11.7. The van der Waals surface area contributed by atoms with Crippen molar-refractivity contribution in [3.63, 3.8) is 0 Å². The van der Waals surface area contributed by atoms with Gasteiger partial charge < -0.3 is 16.2 Å². The van der Waals surface area contributed by atoms with E-state index < -0.39 is 6.04 Å². The fraction of sp³-hybridized carbons (Fsp3) is 0.364. The van der Waals surface area contributed by atoms with Gasteiger partial charge in [0.1, 0.15) is 0 Å². The lowest BCUT2D eigenvalue weighted by molar-refractivity contribution is -0.117. The number of rotatable bonds is 4. The summed E-state index contributed by atoms with van der Waals surface area (Å²) >= 11 is 0. The van der Waals surface area contributed by atoms with Gasteiger partial charge >= 0.3 is 0 Å². The standard InChI is InChI=1S/C11H16N2O2/c1-2-9(12)11(15)13-10-6-4-3-5-8(10)7-14/h3-6,9,14H,2,7,12H2,1H3,(H,13,15)/t9-/m0/s1. The van der Waals surface area contributed by atoms with Gasteiger partial charge in [0, 0.05) is 11.3 Å². The average molecular weight is 208 g/mol. The Morgan fingerprint density at radius 1 is 1.53 bits per heavy atom. The lowest BCUT2D eigenvalue weighted by Crippen LogP contribution is -2.35. The normalized spacial score (nSPS) is 12.2. The molecule has 0 unspecified atom stereocenters. The first-order valence-corrected chi connectivity index (χ1v) is 4.94. The third-order valence-electron chi connectivity index (χ3n) is 2.22. The molecule has 0 heterocycles. The Balaban J connectivity index is 2.76. The van der Waals surface area contributed by atoms with Crippen LogP contribution in [0.15, 0.2) is 24.3 Å². The van der Waals surface area contributed by atoms with Crippen LogP contribution in [0.5, 0.6) is 0 Å². The summed E-state index contributed by atoms with van der Waals surface area (Å²) in [5, 5.41) is 11.7. The van der Waals surface area contributed by atoms with Gasteiger partial charge in [-0.15, -0.1) is 0 Å². The van der Waals surface area contributed by atoms with Gasteiger partial charge in [0.25, 0.3) is 0 Å². The zero-order chi connectivity index (χ0) is 11.3. The molecule has 0 saturated heterocycles. The third kappa shape index (κ3) is 3.04. The molecule has 4 heteroatoms. The second-order valence-corrected chi connectivity index (χ2v) is 3.32. The maximum absolute atomic E-state index is 11.5. The van der Waals surface area contributed by atoms with E-state index in [1.807, 2.05) is 6.92 Å². The van der Waals surface area contributed by atoms with Crippen molar-refractivity contribution in [3.8, 4) is 0 Å². The lowest BCUT2D eigenvalue weighted by atomic mass is 10.1. The summed E-state index contributed by atoms with van der Waals surface area (Å²) in [4.78, 5) is 11.5. The van der Waals surface area contributed by atoms with Crippen molar-refractivity contribution >= 4 is 11.6 Å². The molecule has 82 valence electrons. The van der Waals surface area contributed by atoms with E-state index >= 15 is 0 Å². The Morgan fingerprint density at radius 2 is 2.20 bits per heavy atom. The number of para-hydroxylation sites is 1. The summed E-state index contributed by atoms with van der Waals surface area (Å²) in [6.45, 7) is 1.75. The summed E-state index contributed by atoms with van der Waals surface area (Å²) < 4.78 is 0. The first-order chi connectivity index (χ1) is 7.19. The molecule has 15 heavy (non-hydrogen) atoms. The highest BCUT2D eigenvalue weighted by atomic mass is 16.3. The van der Waals surface area contributed by atoms with Gasteiger partial charge in [0.2, 0.25) is 5.91 Å². The SMILES string of the molecule is CC[C@H](N)C(=O)Nc1ccccc1CO. The van der Waals surface area contributed by atoms with Crippen molar-refractivity contribution in [1.82, 2.24) is 0 Å². The van der Waals surface area contributed by atoms with Crippen LogP contribution >= 0.6 is 0 Å². The fourth-order valence-corrected chi connectivity index (χ4v) is 1.19. The molecule has 0 fully saturated rings. The van der Waals surface area contributed by atoms with Gasteiger partial charge in [-0.05, 0) is 12.5 Å². The van der Waals surface area contributed by atoms with Crippen molar-refractivity contribution in [2.24, 2.45) is 5.73 Å². The quantitative estimate of drug-likeness (QED) is 0.686. The van der Waals surface area contributed by atoms with Crippen LogP contribution in [0.25, 0.3) is 0 Å². The van der Waals surface area contributed by atoms with E-state index in [2.05, 4.69) is 5.32 Å². The number of anilines is 1. The molecule has 0 aromatic heterocycles. The van der Waals surface area contributed by atoms with E-state index in [0.717, 1.165) is 0 Å². The van der Waals surface area contributed by atoms with Gasteiger partial charge in [-0.25, -0.2) is 0 Å². The minimum atomic E-state index is -0.503. The smallest absolute Gasteiger partial charge is 0.241 e. The largest absolute Gasteiger partial charge is 0.392 e. The molecular formula is C11H16N2O2. The van der Waals surface area contributed by atoms with E-state index in [-0.39, 0.29) is 12.5 Å². The van der Waals surface area contributed by atoms with Crippen LogP contribution in [0.1, 0.15) is 18.9 Å². The van der Waals surface area contributed by atoms with Crippen LogP contribution in [0.4, 0.5) is 5.69 Å². The highest BCUT2D eigenvalue weighted by Gasteiger charge is 2.12. The van der Waals surface area contributed by atoms with E-state index in [9.17, 15) is 4.79 Å². The number of nitrogens with one attached hydrogen (secondary N) is 1. The number of carbonyl (C=O) groups is 1. The van der Waals surface area contributed by atoms with E-state index in [4.69, 9.17) is 10.8 Å². The zero-order valence-electron chi connectivity index (χ0n) is 8.73. The Labute approximate surface area is 89.1 Å². The zero-order valence-corrected chi connectivity index (χ0v) is 8.73. The predicted molar refractivity (Wildman–Crippen MR) is 59.3 cm³/mol. The molecule has 0 aliphatic carbocycles. The van der Waals surface area contributed by atoms with Gasteiger partial charge in [-0.3, -0.25) is 4.79 Å². The molecule has 0 saturated carbocycles. The average Bonchev–Trinajstić information content (AvgIpc) is 2.28. The molecule has 0 spiro atoms. The predicted octanol–water partition coefficient (Wildman–Crippen LogP) is 0.855. The number of aliphatic hydroxyl groups is 1. The van der Waals surface area contributed by atoms with Crippen LogP contribution in [0.3, 0.4) is 0 Å². The number of benzene rings is 1. The summed E-state index contributed by atoms with van der Waals surface area (Å²) in [6, 6.07) is 6.60. The van der Waals surface area contributed by atoms with Gasteiger partial charge in [-0.1, -0.05) is 25.1 Å². The topological polar surface area (TPSA) is 75.4 Å². The summed E-state index contributed by atoms with van der Waals surface area (Å²) in [5.41, 5.74) is 6.89. The molecule has 0 aliphatic rings. The maximum Gasteiger partial charge on any atom is 0.241 e. The first-order valence-electron chi connectivity index (χ1n) is 4.94. The van der Waals surface area contributed by atoms with Crippen LogP contribution in [-0.4, -0.2) is 17.1 Å². The van der Waals surface area contributed by atoms with Gasteiger partial charge in [0.05, 0.1) is 12.6 Å². The highest BCUT2D eigenvalue weighted by Crippen LogP contribution is 2.14. The molecule has 1 rings (SSSR count). The summed E-state index contributed by atoms with van der Waals surface area (Å²) in [5.74, 6) is -0.224. The van der Waals surface area contributed by atoms with Crippen LogP contribution in [-0.2, 0) is 11.4 Å². The van der Waals surface area contributed by atoms with Crippen molar-refractivity contribution in [1.29, 1.82) is 0 Å². The number of aliphatic hydroxyl groups excluding tert-OH is 1. The number of hydrogen-bond donors (Lipinski definition) is 3. The molecule has 1 aromatic rings. The van der Waals surface area contributed by atoms with Crippen LogP contribution < -0.4 is 11.1 Å². The number of nitrogens with two attached hydrogens (primary N) is 1. The molecule has 0 aliphatic heterocycles. The molecular weight excluding hydrogens is 192 g/mol. The van der Waals surface area contributed by atoms with Crippen molar-refractivity contribution in [2.75, 3.05) is 5.32 Å². The molecule has 1 amide bonds. The van der Waals surface area contributed by atoms with Gasteiger partial charge in [-0.2, -0.15) is 0 Å². The number of carbonyl (C=O) groups excluding carboxylic acids is 1. The Kier molecular flexibility index (Phi) is 4.27. The minimum Gasteiger partial charge on any atom is -0.392 e. The second-order valence-electron chi connectivity index (χ2n) is 3.32. The summed E-state index contributed by atoms with van der Waals surface area (Å²) in [7, 11) is 0. The van der Waals surface area contributed by atoms with Crippen molar-refractivity contribution in [3.05, 3.63) is 29.8 Å². The Bertz CT molecular complexity index is 339. The number of amides is 1. The summed E-state index contributed by atoms with van der Waals surface area (Å²) in [6.07, 6.45) is 0.590.